The fourth-order valence-electron chi connectivity index (χ4n) is 2.98. The maximum Gasteiger partial charge on any atom is 0.255 e. The van der Waals surface area contributed by atoms with E-state index >= 15 is 0 Å². The van der Waals surface area contributed by atoms with Crippen LogP contribution in [0.25, 0.3) is 10.9 Å². The molecule has 1 heterocycles. The fourth-order valence-corrected chi connectivity index (χ4v) is 2.98. The van der Waals surface area contributed by atoms with Crippen molar-refractivity contribution in [1.29, 1.82) is 0 Å². The molecule has 0 saturated heterocycles. The molecule has 1 amide bonds. The van der Waals surface area contributed by atoms with Gasteiger partial charge in [0, 0.05) is 36.1 Å². The van der Waals surface area contributed by atoms with Crippen molar-refractivity contribution in [3.63, 3.8) is 0 Å². The van der Waals surface area contributed by atoms with E-state index in [2.05, 4.69) is 10.3 Å². The maximum absolute atomic E-state index is 13.4. The third-order valence-corrected chi connectivity index (χ3v) is 4.44. The number of rotatable bonds is 4. The normalized spacial score (nSPS) is 16.1. The van der Waals surface area contributed by atoms with Crippen LogP contribution in [0.5, 0.6) is 5.75 Å². The van der Waals surface area contributed by atoms with Crippen LogP contribution in [0.15, 0.2) is 42.6 Å². The van der Waals surface area contributed by atoms with Gasteiger partial charge in [0.2, 0.25) is 0 Å². The van der Waals surface area contributed by atoms with E-state index < -0.39 is 29.6 Å². The Bertz CT molecular complexity index is 1010. The topological polar surface area (TPSA) is 54.1 Å². The highest BCUT2D eigenvalue weighted by Gasteiger charge is 2.46. The largest absolute Gasteiger partial charge is 0.490 e. The van der Waals surface area contributed by atoms with Gasteiger partial charge in [0.25, 0.3) is 11.8 Å². The molecular weight excluding hydrogens is 364 g/mol. The van der Waals surface area contributed by atoms with Gasteiger partial charge in [0.1, 0.15) is 11.9 Å². The van der Waals surface area contributed by atoms with Crippen LogP contribution >= 0.6 is 0 Å². The number of carbonyl (C=O) groups excluding carboxylic acids is 1. The molecule has 1 fully saturated rings. The number of nitrogens with one attached hydrogen (secondary N) is 2. The second-order valence-corrected chi connectivity index (χ2v) is 6.50. The highest BCUT2D eigenvalue weighted by atomic mass is 19.3. The van der Waals surface area contributed by atoms with Crippen LogP contribution in [-0.4, -0.2) is 22.9 Å². The Morgan fingerprint density at radius 2 is 1.78 bits per heavy atom. The number of amides is 1. The van der Waals surface area contributed by atoms with Crippen LogP contribution in [0, 0.1) is 11.6 Å². The van der Waals surface area contributed by atoms with E-state index in [0.29, 0.717) is 27.9 Å². The number of carbonyl (C=O) groups is 1. The van der Waals surface area contributed by atoms with E-state index in [4.69, 9.17) is 4.74 Å². The van der Waals surface area contributed by atoms with E-state index in [1.54, 1.807) is 0 Å². The summed E-state index contributed by atoms with van der Waals surface area (Å²) in [5.41, 5.74) is 0.967. The number of halogens is 4. The van der Waals surface area contributed by atoms with Gasteiger partial charge in [0.05, 0.1) is 11.2 Å². The molecule has 27 heavy (non-hydrogen) atoms. The molecule has 1 aromatic heterocycles. The summed E-state index contributed by atoms with van der Waals surface area (Å²) in [6.07, 6.45) is 0.288. The number of ether oxygens (including phenoxy) is 1. The highest BCUT2D eigenvalue weighted by Crippen LogP contribution is 2.39. The van der Waals surface area contributed by atoms with E-state index in [-0.39, 0.29) is 12.8 Å². The molecule has 1 saturated carbocycles. The van der Waals surface area contributed by atoms with Crippen molar-refractivity contribution in [2.24, 2.45) is 0 Å². The van der Waals surface area contributed by atoms with Crippen molar-refractivity contribution in [3.8, 4) is 5.75 Å². The van der Waals surface area contributed by atoms with Crippen LogP contribution < -0.4 is 10.1 Å². The fraction of sp³-hybridized carbons (Fsp3) is 0.211. The van der Waals surface area contributed by atoms with Gasteiger partial charge in [-0.3, -0.25) is 4.79 Å². The number of hydrogen-bond acceptors (Lipinski definition) is 2. The molecule has 0 spiro atoms. The molecule has 8 heteroatoms. The summed E-state index contributed by atoms with van der Waals surface area (Å²) in [5.74, 6) is -4.71. The van der Waals surface area contributed by atoms with E-state index in [1.807, 2.05) is 0 Å². The minimum absolute atomic E-state index is 0.304. The highest BCUT2D eigenvalue weighted by molar-refractivity contribution is 6.09. The molecule has 1 aliphatic carbocycles. The Kier molecular flexibility index (Phi) is 4.05. The number of alkyl halides is 2. The van der Waals surface area contributed by atoms with Gasteiger partial charge < -0.3 is 15.0 Å². The van der Waals surface area contributed by atoms with Crippen molar-refractivity contribution in [1.82, 2.24) is 4.98 Å². The van der Waals surface area contributed by atoms with Crippen molar-refractivity contribution in [3.05, 3.63) is 59.8 Å². The summed E-state index contributed by atoms with van der Waals surface area (Å²) in [5, 5.41) is 2.96. The first-order valence-electron chi connectivity index (χ1n) is 8.23. The van der Waals surface area contributed by atoms with Gasteiger partial charge in [-0.05, 0) is 30.3 Å². The van der Waals surface area contributed by atoms with Crippen LogP contribution in [0.1, 0.15) is 23.2 Å². The lowest BCUT2D eigenvalue weighted by atomic mass is 9.91. The predicted molar refractivity (Wildman–Crippen MR) is 91.2 cm³/mol. The van der Waals surface area contributed by atoms with E-state index in [0.717, 1.165) is 12.1 Å². The van der Waals surface area contributed by atoms with Crippen LogP contribution in [0.3, 0.4) is 0 Å². The number of anilines is 1. The van der Waals surface area contributed by atoms with Crippen molar-refractivity contribution >= 4 is 22.5 Å². The average Bonchev–Trinajstić information content (AvgIpc) is 2.96. The summed E-state index contributed by atoms with van der Waals surface area (Å²) >= 11 is 0. The van der Waals surface area contributed by atoms with Gasteiger partial charge in [-0.25, -0.2) is 17.6 Å². The Labute approximate surface area is 151 Å². The van der Waals surface area contributed by atoms with Gasteiger partial charge in [-0.15, -0.1) is 0 Å². The van der Waals surface area contributed by atoms with E-state index in [9.17, 15) is 22.4 Å². The van der Waals surface area contributed by atoms with Gasteiger partial charge in [-0.2, -0.15) is 0 Å². The number of hydrogen-bond donors (Lipinski definition) is 2. The Morgan fingerprint density at radius 1 is 1.11 bits per heavy atom. The summed E-state index contributed by atoms with van der Waals surface area (Å²) < 4.78 is 57.7. The molecule has 4 rings (SSSR count). The molecule has 140 valence electrons. The number of benzene rings is 2. The molecule has 2 N–H and O–H groups in total. The first-order valence-corrected chi connectivity index (χ1v) is 8.23. The predicted octanol–water partition coefficient (Wildman–Crippen LogP) is 4.87. The summed E-state index contributed by atoms with van der Waals surface area (Å²) in [4.78, 5) is 15.1. The standard InChI is InChI=1S/C19H14F4N2O2/c20-14-5-13-16(6-15(14)21)24-9-17(13)25-18(26)10-1-3-11(4-2-10)27-12-7-19(22,23)8-12/h1-6,9,12,24H,7-8H2,(H,25,26). The molecule has 3 aromatic rings. The van der Waals surface area contributed by atoms with E-state index in [1.165, 1.54) is 30.5 Å². The monoisotopic (exact) mass is 378 g/mol. The zero-order chi connectivity index (χ0) is 19.2. The number of fused-ring (bicyclic) bond motifs is 1. The van der Waals surface area contributed by atoms with Gasteiger partial charge in [-0.1, -0.05) is 0 Å². The SMILES string of the molecule is O=C(Nc1c[nH]c2cc(F)c(F)cc12)c1ccc(OC2CC(F)(F)C2)cc1. The molecular formula is C19H14F4N2O2. The lowest BCUT2D eigenvalue weighted by molar-refractivity contribution is -0.134. The smallest absolute Gasteiger partial charge is 0.255 e. The lowest BCUT2D eigenvalue weighted by Gasteiger charge is -2.34. The minimum atomic E-state index is -2.66. The van der Waals surface area contributed by atoms with Crippen LogP contribution in [0.4, 0.5) is 23.2 Å². The van der Waals surface area contributed by atoms with Crippen molar-refractivity contribution in [2.45, 2.75) is 24.9 Å². The van der Waals surface area contributed by atoms with Crippen molar-refractivity contribution < 1.29 is 27.1 Å². The molecule has 0 unspecified atom stereocenters. The van der Waals surface area contributed by atoms with Crippen LogP contribution in [-0.2, 0) is 0 Å². The van der Waals surface area contributed by atoms with Gasteiger partial charge in [0.15, 0.2) is 11.6 Å². The molecule has 0 atom stereocenters. The third-order valence-electron chi connectivity index (χ3n) is 4.44. The first kappa shape index (κ1) is 17.4. The first-order chi connectivity index (χ1) is 12.8. The van der Waals surface area contributed by atoms with Crippen molar-refractivity contribution in [2.75, 3.05) is 5.32 Å². The zero-order valence-electron chi connectivity index (χ0n) is 13.9. The number of aromatic amines is 1. The number of aromatic nitrogens is 1. The molecule has 0 radical (unpaired) electrons. The second kappa shape index (κ2) is 6.29. The Balaban J connectivity index is 1.45. The third kappa shape index (κ3) is 3.47. The average molecular weight is 378 g/mol. The maximum atomic E-state index is 13.4. The molecule has 2 aromatic carbocycles. The van der Waals surface area contributed by atoms with Crippen LogP contribution in [0.2, 0.25) is 0 Å². The summed E-state index contributed by atoms with van der Waals surface area (Å²) in [7, 11) is 0. The number of H-pyrrole nitrogens is 1. The lowest BCUT2D eigenvalue weighted by Crippen LogP contribution is -2.43. The molecule has 0 bridgehead atoms. The minimum Gasteiger partial charge on any atom is -0.490 e. The Morgan fingerprint density at radius 3 is 2.44 bits per heavy atom. The summed E-state index contributed by atoms with van der Waals surface area (Å²) in [6, 6.07) is 8.05. The molecule has 1 aliphatic rings. The Hall–Kier alpha value is -3.03. The molecule has 0 aliphatic heterocycles. The zero-order valence-corrected chi connectivity index (χ0v) is 13.9. The summed E-state index contributed by atoms with van der Waals surface area (Å²) in [6.45, 7) is 0. The van der Waals surface area contributed by atoms with Gasteiger partial charge >= 0.3 is 0 Å². The second-order valence-electron chi connectivity index (χ2n) is 6.50. The quantitative estimate of drug-likeness (QED) is 0.636. The molecule has 4 nitrogen and oxygen atoms in total.